The molecule has 0 fully saturated rings. The Kier molecular flexibility index (Phi) is 5.90. The minimum atomic E-state index is -0.336. The molecule has 0 bridgehead atoms. The number of hydrazone groups is 1. The molecule has 0 saturated carbocycles. The van der Waals surface area contributed by atoms with Gasteiger partial charge in [0.05, 0.1) is 12.8 Å². The molecule has 4 aromatic carbocycles. The van der Waals surface area contributed by atoms with Gasteiger partial charge in [-0.2, -0.15) is 5.10 Å². The Morgan fingerprint density at radius 1 is 0.833 bits per heavy atom. The molecule has 150 valence electrons. The number of fused-ring (bicyclic) bond motifs is 2. The summed E-state index contributed by atoms with van der Waals surface area (Å²) in [5.41, 5.74) is 3.36. The van der Waals surface area contributed by atoms with E-state index in [4.69, 9.17) is 9.47 Å². The Balaban J connectivity index is 1.45. The normalized spacial score (nSPS) is 11.1. The summed E-state index contributed by atoms with van der Waals surface area (Å²) in [5, 5.41) is 8.24. The summed E-state index contributed by atoms with van der Waals surface area (Å²) in [5.74, 6) is 1.05. The SMILES string of the molecule is CCOc1ccc2ccccc2c1/C=N/NC(=O)COc1cccc2ccccc12. The fraction of sp³-hybridized carbons (Fsp3) is 0.120. The molecule has 0 aliphatic heterocycles. The van der Waals surface area contributed by atoms with Crippen molar-refractivity contribution in [3.05, 3.63) is 84.4 Å². The fourth-order valence-corrected chi connectivity index (χ4v) is 3.36. The summed E-state index contributed by atoms with van der Waals surface area (Å²) in [4.78, 5) is 12.2. The number of carbonyl (C=O) groups excluding carboxylic acids is 1. The summed E-state index contributed by atoms with van der Waals surface area (Å²) in [6.07, 6.45) is 1.61. The lowest BCUT2D eigenvalue weighted by molar-refractivity contribution is -0.123. The van der Waals surface area contributed by atoms with Crippen LogP contribution >= 0.6 is 0 Å². The van der Waals surface area contributed by atoms with E-state index in [1.54, 1.807) is 6.21 Å². The van der Waals surface area contributed by atoms with Gasteiger partial charge < -0.3 is 9.47 Å². The second-order valence-corrected chi connectivity index (χ2v) is 6.69. The molecule has 0 radical (unpaired) electrons. The van der Waals surface area contributed by atoms with Gasteiger partial charge in [0.25, 0.3) is 5.91 Å². The van der Waals surface area contributed by atoms with E-state index < -0.39 is 0 Å². The number of hydrogen-bond acceptors (Lipinski definition) is 4. The third-order valence-corrected chi connectivity index (χ3v) is 4.72. The first-order valence-corrected chi connectivity index (χ1v) is 9.83. The molecule has 30 heavy (non-hydrogen) atoms. The molecule has 0 spiro atoms. The summed E-state index contributed by atoms with van der Waals surface area (Å²) >= 11 is 0. The third-order valence-electron chi connectivity index (χ3n) is 4.72. The van der Waals surface area contributed by atoms with Crippen molar-refractivity contribution in [3.63, 3.8) is 0 Å². The lowest BCUT2D eigenvalue weighted by atomic mass is 10.0. The van der Waals surface area contributed by atoms with Crippen LogP contribution in [-0.4, -0.2) is 25.3 Å². The quantitative estimate of drug-likeness (QED) is 0.355. The van der Waals surface area contributed by atoms with Crippen molar-refractivity contribution in [2.45, 2.75) is 6.92 Å². The topological polar surface area (TPSA) is 59.9 Å². The Hall–Kier alpha value is -3.86. The Morgan fingerprint density at radius 2 is 1.53 bits per heavy atom. The molecule has 0 aromatic heterocycles. The Bertz CT molecular complexity index is 1210. The second-order valence-electron chi connectivity index (χ2n) is 6.69. The molecule has 1 N–H and O–H groups in total. The molecular formula is C25H22N2O3. The molecule has 5 heteroatoms. The maximum atomic E-state index is 12.2. The Morgan fingerprint density at radius 3 is 2.33 bits per heavy atom. The molecule has 0 heterocycles. The lowest BCUT2D eigenvalue weighted by Crippen LogP contribution is -2.24. The van der Waals surface area contributed by atoms with Crippen LogP contribution in [-0.2, 0) is 4.79 Å². The Labute approximate surface area is 174 Å². The third kappa shape index (κ3) is 4.25. The molecule has 0 atom stereocenters. The standard InChI is InChI=1S/C25H22N2O3/c1-2-29-24-15-14-19-9-3-5-11-20(19)22(24)16-26-27-25(28)17-30-23-13-7-10-18-8-4-6-12-21(18)23/h3-16H,2,17H2,1H3,(H,27,28)/b26-16+. The maximum Gasteiger partial charge on any atom is 0.277 e. The average molecular weight is 398 g/mol. The van der Waals surface area contributed by atoms with Crippen molar-refractivity contribution in [2.75, 3.05) is 13.2 Å². The highest BCUT2D eigenvalue weighted by Gasteiger charge is 2.08. The van der Waals surface area contributed by atoms with Crippen LogP contribution in [0.25, 0.3) is 21.5 Å². The van der Waals surface area contributed by atoms with Crippen molar-refractivity contribution in [2.24, 2.45) is 5.10 Å². The number of hydrogen-bond donors (Lipinski definition) is 1. The van der Waals surface area contributed by atoms with E-state index in [0.29, 0.717) is 12.4 Å². The van der Waals surface area contributed by atoms with Crippen molar-refractivity contribution >= 4 is 33.7 Å². The van der Waals surface area contributed by atoms with Crippen LogP contribution in [0.3, 0.4) is 0 Å². The molecular weight excluding hydrogens is 376 g/mol. The molecule has 5 nitrogen and oxygen atoms in total. The molecule has 0 aliphatic carbocycles. The van der Waals surface area contributed by atoms with Crippen LogP contribution in [0.5, 0.6) is 11.5 Å². The van der Waals surface area contributed by atoms with Crippen LogP contribution in [0.4, 0.5) is 0 Å². The van der Waals surface area contributed by atoms with Crippen LogP contribution in [0.15, 0.2) is 84.0 Å². The van der Waals surface area contributed by atoms with Gasteiger partial charge in [0, 0.05) is 10.9 Å². The average Bonchev–Trinajstić information content (AvgIpc) is 2.79. The summed E-state index contributed by atoms with van der Waals surface area (Å²) in [6, 6.07) is 25.6. The van der Waals surface area contributed by atoms with E-state index in [1.165, 1.54) is 0 Å². The minimum absolute atomic E-state index is 0.126. The van der Waals surface area contributed by atoms with Crippen molar-refractivity contribution in [1.29, 1.82) is 0 Å². The van der Waals surface area contributed by atoms with Gasteiger partial charge in [-0.3, -0.25) is 4.79 Å². The van der Waals surface area contributed by atoms with Crippen LogP contribution in [0.1, 0.15) is 12.5 Å². The zero-order chi connectivity index (χ0) is 20.8. The van der Waals surface area contributed by atoms with Crippen molar-refractivity contribution < 1.29 is 14.3 Å². The predicted octanol–water partition coefficient (Wildman–Crippen LogP) is 4.92. The molecule has 4 aromatic rings. The zero-order valence-corrected chi connectivity index (χ0v) is 16.7. The first-order chi connectivity index (χ1) is 14.8. The van der Waals surface area contributed by atoms with E-state index in [2.05, 4.69) is 10.5 Å². The second kappa shape index (κ2) is 9.09. The van der Waals surface area contributed by atoms with Crippen LogP contribution in [0, 0.1) is 0 Å². The number of ether oxygens (including phenoxy) is 2. The van der Waals surface area contributed by atoms with E-state index >= 15 is 0 Å². The first-order valence-electron chi connectivity index (χ1n) is 9.83. The maximum absolute atomic E-state index is 12.2. The number of nitrogens with zero attached hydrogens (tertiary/aromatic N) is 1. The highest BCUT2D eigenvalue weighted by Crippen LogP contribution is 2.27. The monoisotopic (exact) mass is 398 g/mol. The van der Waals surface area contributed by atoms with Crippen molar-refractivity contribution in [1.82, 2.24) is 5.43 Å². The van der Waals surface area contributed by atoms with Gasteiger partial charge in [0.15, 0.2) is 6.61 Å². The summed E-state index contributed by atoms with van der Waals surface area (Å²) in [6.45, 7) is 2.35. The zero-order valence-electron chi connectivity index (χ0n) is 16.7. The van der Waals surface area contributed by atoms with Gasteiger partial charge in [-0.1, -0.05) is 66.7 Å². The van der Waals surface area contributed by atoms with E-state index in [1.807, 2.05) is 85.8 Å². The van der Waals surface area contributed by atoms with Crippen LogP contribution < -0.4 is 14.9 Å². The highest BCUT2D eigenvalue weighted by atomic mass is 16.5. The molecule has 0 unspecified atom stereocenters. The summed E-state index contributed by atoms with van der Waals surface area (Å²) in [7, 11) is 0. The molecule has 0 aliphatic rings. The van der Waals surface area contributed by atoms with Gasteiger partial charge in [-0.15, -0.1) is 0 Å². The van der Waals surface area contributed by atoms with Gasteiger partial charge in [0.2, 0.25) is 0 Å². The minimum Gasteiger partial charge on any atom is -0.493 e. The summed E-state index contributed by atoms with van der Waals surface area (Å²) < 4.78 is 11.4. The highest BCUT2D eigenvalue weighted by molar-refractivity contribution is 6.02. The van der Waals surface area contributed by atoms with E-state index in [-0.39, 0.29) is 12.5 Å². The number of benzene rings is 4. The van der Waals surface area contributed by atoms with Gasteiger partial charge in [-0.25, -0.2) is 5.43 Å². The fourth-order valence-electron chi connectivity index (χ4n) is 3.36. The molecule has 1 amide bonds. The smallest absolute Gasteiger partial charge is 0.277 e. The number of carbonyl (C=O) groups is 1. The lowest BCUT2D eigenvalue weighted by Gasteiger charge is -2.10. The van der Waals surface area contributed by atoms with Gasteiger partial charge >= 0.3 is 0 Å². The largest absolute Gasteiger partial charge is 0.493 e. The van der Waals surface area contributed by atoms with E-state index in [0.717, 1.165) is 32.9 Å². The predicted molar refractivity (Wildman–Crippen MR) is 120 cm³/mol. The molecule has 0 saturated heterocycles. The number of amides is 1. The van der Waals surface area contributed by atoms with Gasteiger partial charge in [-0.05, 0) is 35.2 Å². The first kappa shape index (κ1) is 19.5. The number of rotatable bonds is 7. The van der Waals surface area contributed by atoms with Gasteiger partial charge in [0.1, 0.15) is 11.5 Å². The van der Waals surface area contributed by atoms with E-state index in [9.17, 15) is 4.79 Å². The van der Waals surface area contributed by atoms with Crippen LogP contribution in [0.2, 0.25) is 0 Å². The molecule has 4 rings (SSSR count). The van der Waals surface area contributed by atoms with Crippen molar-refractivity contribution in [3.8, 4) is 11.5 Å². The number of nitrogens with one attached hydrogen (secondary N) is 1.